The molecule has 178 valence electrons. The van der Waals surface area contributed by atoms with Gasteiger partial charge in [-0.1, -0.05) is 31.6 Å². The first-order valence-corrected chi connectivity index (χ1v) is 12.2. The lowest BCUT2D eigenvalue weighted by Crippen LogP contribution is -2.50. The van der Waals surface area contributed by atoms with E-state index in [9.17, 15) is 14.7 Å². The Kier molecular flexibility index (Phi) is 7.23. The average molecular weight is 454 g/mol. The summed E-state index contributed by atoms with van der Waals surface area (Å²) in [6.07, 6.45) is 7.95. The standard InChI is InChI=1S/C26H35N3O4/c1-17-14-29(18(2)16-30)26(32)22-12-20(9-8-19-6-4-5-7-19)13-27-24(22)33-23(17)15-28(3)25(31)21-10-11-21/h12-13,17-19,21,23,30H,4-7,10-11,14-16H2,1-3H3/t17-,18+,23-/m0/s1. The topological polar surface area (TPSA) is 83.0 Å². The van der Waals surface area contributed by atoms with Crippen LogP contribution in [0.1, 0.15) is 68.3 Å². The van der Waals surface area contributed by atoms with E-state index in [1.165, 1.54) is 12.8 Å². The van der Waals surface area contributed by atoms with Gasteiger partial charge in [-0.05, 0) is 38.7 Å². The van der Waals surface area contributed by atoms with Gasteiger partial charge >= 0.3 is 0 Å². The van der Waals surface area contributed by atoms with E-state index < -0.39 is 0 Å². The minimum Gasteiger partial charge on any atom is -0.472 e. The summed E-state index contributed by atoms with van der Waals surface area (Å²) in [6.45, 7) is 4.57. The quantitative estimate of drug-likeness (QED) is 0.693. The van der Waals surface area contributed by atoms with E-state index in [1.807, 2.05) is 20.9 Å². The van der Waals surface area contributed by atoms with Crippen molar-refractivity contribution in [3.63, 3.8) is 0 Å². The van der Waals surface area contributed by atoms with E-state index in [0.29, 0.717) is 30.1 Å². The van der Waals surface area contributed by atoms with Gasteiger partial charge in [-0.3, -0.25) is 9.59 Å². The number of hydrogen-bond donors (Lipinski definition) is 1. The summed E-state index contributed by atoms with van der Waals surface area (Å²) in [5.41, 5.74) is 1.06. The molecule has 0 unspecified atom stereocenters. The minimum atomic E-state index is -0.342. The first kappa shape index (κ1) is 23.6. The number of likely N-dealkylation sites (N-methyl/N-ethyl adjacent to an activating group) is 1. The van der Waals surface area contributed by atoms with E-state index in [1.54, 1.807) is 22.1 Å². The molecule has 0 saturated heterocycles. The Morgan fingerprint density at radius 2 is 2.06 bits per heavy atom. The fourth-order valence-electron chi connectivity index (χ4n) is 4.65. The first-order chi connectivity index (χ1) is 15.9. The van der Waals surface area contributed by atoms with Crippen molar-refractivity contribution in [1.29, 1.82) is 0 Å². The SMILES string of the molecule is C[C@H](CO)N1C[C@H](C)[C@H](CN(C)C(=O)C2CC2)Oc2ncc(C#CC3CCCC3)cc2C1=O. The van der Waals surface area contributed by atoms with Gasteiger partial charge in [-0.25, -0.2) is 4.98 Å². The second kappa shape index (κ2) is 10.1. The molecular weight excluding hydrogens is 418 g/mol. The Bertz CT molecular complexity index is 943. The van der Waals surface area contributed by atoms with Crippen LogP contribution in [0.4, 0.5) is 0 Å². The zero-order valence-electron chi connectivity index (χ0n) is 19.9. The number of ether oxygens (including phenoxy) is 1. The number of amides is 2. The smallest absolute Gasteiger partial charge is 0.259 e. The molecule has 3 atom stereocenters. The number of aliphatic hydroxyl groups excluding tert-OH is 1. The van der Waals surface area contributed by atoms with Gasteiger partial charge in [0.05, 0.1) is 19.2 Å². The van der Waals surface area contributed by atoms with E-state index in [2.05, 4.69) is 16.8 Å². The monoisotopic (exact) mass is 453 g/mol. The molecule has 0 radical (unpaired) electrons. The predicted octanol–water partition coefficient (Wildman–Crippen LogP) is 2.71. The van der Waals surface area contributed by atoms with Gasteiger partial charge in [-0.15, -0.1) is 0 Å². The van der Waals surface area contributed by atoms with Gasteiger partial charge in [0.1, 0.15) is 11.7 Å². The van der Waals surface area contributed by atoms with E-state index >= 15 is 0 Å². The lowest BCUT2D eigenvalue weighted by atomic mass is 9.99. The number of carbonyl (C=O) groups excluding carboxylic acids is 2. The number of nitrogens with zero attached hydrogens (tertiary/aromatic N) is 3. The Hall–Kier alpha value is -2.59. The second-order valence-electron chi connectivity index (χ2n) is 9.94. The van der Waals surface area contributed by atoms with Crippen LogP contribution in [0.3, 0.4) is 0 Å². The summed E-state index contributed by atoms with van der Waals surface area (Å²) in [5.74, 6) is 7.23. The van der Waals surface area contributed by atoms with Crippen LogP contribution in [0.15, 0.2) is 12.3 Å². The molecule has 1 aromatic rings. The lowest BCUT2D eigenvalue weighted by Gasteiger charge is -2.37. The molecule has 2 fully saturated rings. The molecule has 0 aromatic carbocycles. The van der Waals surface area contributed by atoms with Crippen LogP contribution in [0.5, 0.6) is 5.88 Å². The molecule has 7 heteroatoms. The number of rotatable bonds is 5. The highest BCUT2D eigenvalue weighted by molar-refractivity contribution is 5.97. The van der Waals surface area contributed by atoms with Crippen molar-refractivity contribution < 1.29 is 19.4 Å². The third kappa shape index (κ3) is 5.50. The van der Waals surface area contributed by atoms with Crippen LogP contribution >= 0.6 is 0 Å². The molecule has 2 aliphatic carbocycles. The molecule has 33 heavy (non-hydrogen) atoms. The Labute approximate surface area is 196 Å². The fourth-order valence-corrected chi connectivity index (χ4v) is 4.65. The van der Waals surface area contributed by atoms with Crippen molar-refractivity contribution in [3.05, 3.63) is 23.4 Å². The fraction of sp³-hybridized carbons (Fsp3) is 0.654. The number of pyridine rings is 1. The van der Waals surface area contributed by atoms with Crippen molar-refractivity contribution in [2.75, 3.05) is 26.7 Å². The third-order valence-corrected chi connectivity index (χ3v) is 7.05. The summed E-state index contributed by atoms with van der Waals surface area (Å²) < 4.78 is 6.27. The summed E-state index contributed by atoms with van der Waals surface area (Å²) in [6, 6.07) is 1.42. The molecule has 2 saturated carbocycles. The molecular formula is C26H35N3O4. The molecule has 0 spiro atoms. The summed E-state index contributed by atoms with van der Waals surface area (Å²) in [7, 11) is 1.81. The molecule has 1 N–H and O–H groups in total. The maximum absolute atomic E-state index is 13.5. The molecule has 3 aliphatic rings. The summed E-state index contributed by atoms with van der Waals surface area (Å²) in [4.78, 5) is 33.9. The van der Waals surface area contributed by atoms with E-state index in [0.717, 1.165) is 25.7 Å². The first-order valence-electron chi connectivity index (χ1n) is 12.2. The van der Waals surface area contributed by atoms with Crippen molar-refractivity contribution in [2.45, 2.75) is 64.5 Å². The maximum atomic E-state index is 13.5. The molecule has 2 heterocycles. The Balaban J connectivity index is 1.62. The minimum absolute atomic E-state index is 0.0470. The van der Waals surface area contributed by atoms with E-state index in [4.69, 9.17) is 4.74 Å². The third-order valence-electron chi connectivity index (χ3n) is 7.05. The van der Waals surface area contributed by atoms with Crippen LogP contribution in [0.25, 0.3) is 0 Å². The van der Waals surface area contributed by atoms with Gasteiger partial charge in [0.15, 0.2) is 0 Å². The molecule has 4 rings (SSSR count). The van der Waals surface area contributed by atoms with Crippen LogP contribution in [-0.4, -0.2) is 70.6 Å². The van der Waals surface area contributed by atoms with Crippen molar-refractivity contribution in [3.8, 4) is 17.7 Å². The van der Waals surface area contributed by atoms with Crippen molar-refractivity contribution in [2.24, 2.45) is 17.8 Å². The van der Waals surface area contributed by atoms with Crippen LogP contribution in [0, 0.1) is 29.6 Å². The number of aromatic nitrogens is 1. The van der Waals surface area contributed by atoms with Gasteiger partial charge < -0.3 is 19.6 Å². The predicted molar refractivity (Wildman–Crippen MR) is 125 cm³/mol. The molecule has 0 bridgehead atoms. The Morgan fingerprint density at radius 1 is 1.33 bits per heavy atom. The van der Waals surface area contributed by atoms with Gasteiger partial charge in [0.2, 0.25) is 11.8 Å². The zero-order valence-corrected chi connectivity index (χ0v) is 19.9. The van der Waals surface area contributed by atoms with Gasteiger partial charge in [0.25, 0.3) is 5.91 Å². The molecule has 1 aromatic heterocycles. The highest BCUT2D eigenvalue weighted by Crippen LogP contribution is 2.32. The summed E-state index contributed by atoms with van der Waals surface area (Å²) in [5, 5.41) is 9.80. The maximum Gasteiger partial charge on any atom is 0.259 e. The van der Waals surface area contributed by atoms with Crippen molar-refractivity contribution >= 4 is 11.8 Å². The number of carbonyl (C=O) groups is 2. The zero-order chi connectivity index (χ0) is 23.5. The second-order valence-corrected chi connectivity index (χ2v) is 9.94. The number of fused-ring (bicyclic) bond motifs is 1. The highest BCUT2D eigenvalue weighted by Gasteiger charge is 2.37. The van der Waals surface area contributed by atoms with Crippen LogP contribution in [-0.2, 0) is 4.79 Å². The number of aliphatic hydroxyl groups is 1. The summed E-state index contributed by atoms with van der Waals surface area (Å²) >= 11 is 0. The normalized spacial score (nSPS) is 24.1. The largest absolute Gasteiger partial charge is 0.472 e. The molecule has 2 amide bonds. The highest BCUT2D eigenvalue weighted by atomic mass is 16.5. The van der Waals surface area contributed by atoms with Crippen LogP contribution in [0.2, 0.25) is 0 Å². The van der Waals surface area contributed by atoms with Crippen molar-refractivity contribution in [1.82, 2.24) is 14.8 Å². The Morgan fingerprint density at radius 3 is 2.73 bits per heavy atom. The molecule has 7 nitrogen and oxygen atoms in total. The molecule has 1 aliphatic heterocycles. The van der Waals surface area contributed by atoms with Crippen LogP contribution < -0.4 is 4.74 Å². The van der Waals surface area contributed by atoms with Gasteiger partial charge in [0, 0.05) is 43.1 Å². The van der Waals surface area contributed by atoms with Gasteiger partial charge in [-0.2, -0.15) is 0 Å². The lowest BCUT2D eigenvalue weighted by molar-refractivity contribution is -0.132. The average Bonchev–Trinajstić information content (AvgIpc) is 3.54. The number of hydrogen-bond acceptors (Lipinski definition) is 5. The van der Waals surface area contributed by atoms with E-state index in [-0.39, 0.29) is 48.3 Å².